The number of ketones is 1. The molecule has 0 N–H and O–H groups in total. The van der Waals surface area contributed by atoms with Crippen molar-refractivity contribution in [2.45, 2.75) is 32.3 Å². The van der Waals surface area contributed by atoms with Crippen molar-refractivity contribution in [3.63, 3.8) is 0 Å². The van der Waals surface area contributed by atoms with Gasteiger partial charge in [-0.15, -0.1) is 0 Å². The van der Waals surface area contributed by atoms with Crippen molar-refractivity contribution >= 4 is 16.6 Å². The van der Waals surface area contributed by atoms with Gasteiger partial charge in [0.15, 0.2) is 17.4 Å². The molecule has 0 radical (unpaired) electrons. The number of hydrogen-bond donors (Lipinski definition) is 0. The minimum absolute atomic E-state index is 0.183. The van der Waals surface area contributed by atoms with Gasteiger partial charge in [-0.05, 0) is 30.4 Å². The Labute approximate surface area is 163 Å². The second-order valence-electron chi connectivity index (χ2n) is 7.26. The Morgan fingerprint density at radius 3 is 2.64 bits per heavy atom. The SMILES string of the molecule is COC1CCN(CC(=O)Cc2cc3cc(-c4cnc(C)o4)ncc3cn2)CC1. The molecule has 0 saturated carbocycles. The molecule has 1 fully saturated rings. The fourth-order valence-corrected chi connectivity index (χ4v) is 3.61. The maximum Gasteiger partial charge on any atom is 0.191 e. The third-order valence-corrected chi connectivity index (χ3v) is 5.18. The number of likely N-dealkylation sites (tertiary alicyclic amines) is 1. The fourth-order valence-electron chi connectivity index (χ4n) is 3.61. The average molecular weight is 380 g/mol. The van der Waals surface area contributed by atoms with E-state index < -0.39 is 0 Å². The van der Waals surface area contributed by atoms with Crippen LogP contribution in [0.5, 0.6) is 0 Å². The summed E-state index contributed by atoms with van der Waals surface area (Å²) in [5.74, 6) is 1.42. The monoisotopic (exact) mass is 380 g/mol. The van der Waals surface area contributed by atoms with Crippen molar-refractivity contribution in [2.75, 3.05) is 26.7 Å². The average Bonchev–Trinajstić information content (AvgIpc) is 3.14. The van der Waals surface area contributed by atoms with Crippen molar-refractivity contribution in [1.82, 2.24) is 19.9 Å². The molecular weight excluding hydrogens is 356 g/mol. The molecule has 0 aliphatic carbocycles. The van der Waals surface area contributed by atoms with E-state index in [9.17, 15) is 4.79 Å². The maximum absolute atomic E-state index is 12.5. The number of hydrogen-bond acceptors (Lipinski definition) is 7. The number of carbonyl (C=O) groups excluding carboxylic acids is 1. The van der Waals surface area contributed by atoms with Crippen LogP contribution in [-0.4, -0.2) is 58.5 Å². The molecule has 146 valence electrons. The molecule has 0 aromatic carbocycles. The predicted molar refractivity (Wildman–Crippen MR) is 105 cm³/mol. The lowest BCUT2D eigenvalue weighted by Gasteiger charge is -2.30. The van der Waals surface area contributed by atoms with E-state index in [1.54, 1.807) is 32.6 Å². The number of methoxy groups -OCH3 is 1. The summed E-state index contributed by atoms with van der Waals surface area (Å²) < 4.78 is 10.9. The Kier molecular flexibility index (Phi) is 5.45. The number of fused-ring (bicyclic) bond motifs is 1. The Bertz CT molecular complexity index is 977. The molecule has 0 unspecified atom stereocenters. The van der Waals surface area contributed by atoms with Crippen LogP contribution in [0.15, 0.2) is 35.1 Å². The molecule has 1 saturated heterocycles. The van der Waals surface area contributed by atoms with Gasteiger partial charge in [0.25, 0.3) is 0 Å². The lowest BCUT2D eigenvalue weighted by Crippen LogP contribution is -2.39. The first-order chi connectivity index (χ1) is 13.6. The molecule has 3 aromatic heterocycles. The van der Waals surface area contributed by atoms with Crippen LogP contribution in [0.2, 0.25) is 0 Å². The topological polar surface area (TPSA) is 81.4 Å². The minimum atomic E-state index is 0.183. The number of nitrogens with zero attached hydrogens (tertiary/aromatic N) is 4. The highest BCUT2D eigenvalue weighted by molar-refractivity contribution is 5.86. The maximum atomic E-state index is 12.5. The molecule has 3 aromatic rings. The molecule has 7 heteroatoms. The number of piperidine rings is 1. The van der Waals surface area contributed by atoms with Crippen LogP contribution in [0.1, 0.15) is 24.4 Å². The molecule has 4 heterocycles. The van der Waals surface area contributed by atoms with Crippen molar-refractivity contribution in [3.05, 3.63) is 42.3 Å². The van der Waals surface area contributed by atoms with Crippen LogP contribution < -0.4 is 0 Å². The standard InChI is InChI=1S/C21H24N4O3/c1-14-22-12-21(28-14)20-8-15-7-17(23-10-16(15)11-24-20)9-18(26)13-25-5-3-19(27-2)4-6-25/h7-8,10-12,19H,3-6,9,13H2,1-2H3. The van der Waals surface area contributed by atoms with Gasteiger partial charge in [-0.1, -0.05) is 0 Å². The number of carbonyl (C=O) groups is 1. The van der Waals surface area contributed by atoms with Crippen molar-refractivity contribution in [1.29, 1.82) is 0 Å². The lowest BCUT2D eigenvalue weighted by atomic mass is 10.1. The number of aryl methyl sites for hydroxylation is 1. The van der Waals surface area contributed by atoms with Gasteiger partial charge in [-0.3, -0.25) is 19.7 Å². The summed E-state index contributed by atoms with van der Waals surface area (Å²) in [5.41, 5.74) is 1.49. The molecule has 0 bridgehead atoms. The summed E-state index contributed by atoms with van der Waals surface area (Å²) in [6.07, 6.45) is 7.82. The van der Waals surface area contributed by atoms with Crippen LogP contribution in [-0.2, 0) is 16.0 Å². The molecule has 7 nitrogen and oxygen atoms in total. The molecule has 0 spiro atoms. The second kappa shape index (κ2) is 8.16. The Morgan fingerprint density at radius 2 is 1.93 bits per heavy atom. The highest BCUT2D eigenvalue weighted by atomic mass is 16.5. The number of rotatable bonds is 6. The van der Waals surface area contributed by atoms with Gasteiger partial charge in [-0.25, -0.2) is 4.98 Å². The number of pyridine rings is 2. The molecule has 0 amide bonds. The van der Waals surface area contributed by atoms with Crippen molar-refractivity contribution < 1.29 is 13.9 Å². The Morgan fingerprint density at radius 1 is 1.14 bits per heavy atom. The molecule has 0 atom stereocenters. The zero-order valence-corrected chi connectivity index (χ0v) is 16.2. The van der Waals surface area contributed by atoms with E-state index in [1.807, 2.05) is 12.1 Å². The van der Waals surface area contributed by atoms with Gasteiger partial charge in [0.2, 0.25) is 0 Å². The van der Waals surface area contributed by atoms with Gasteiger partial charge < -0.3 is 9.15 Å². The summed E-state index contributed by atoms with van der Waals surface area (Å²) in [6.45, 7) is 4.08. The number of oxazole rings is 1. The van der Waals surface area contributed by atoms with E-state index in [2.05, 4.69) is 19.9 Å². The number of Topliss-reactive ketones (excluding diaryl/α,β-unsaturated/α-hetero) is 1. The zero-order valence-electron chi connectivity index (χ0n) is 16.2. The van der Waals surface area contributed by atoms with Gasteiger partial charge in [-0.2, -0.15) is 0 Å². The van der Waals surface area contributed by atoms with Crippen LogP contribution in [0.4, 0.5) is 0 Å². The minimum Gasteiger partial charge on any atom is -0.439 e. The molecule has 1 aliphatic heterocycles. The van der Waals surface area contributed by atoms with Crippen LogP contribution in [0.3, 0.4) is 0 Å². The summed E-state index contributed by atoms with van der Waals surface area (Å²) in [7, 11) is 1.75. The van der Waals surface area contributed by atoms with Gasteiger partial charge in [0.1, 0.15) is 5.69 Å². The van der Waals surface area contributed by atoms with E-state index in [0.717, 1.165) is 48.1 Å². The lowest BCUT2D eigenvalue weighted by molar-refractivity contribution is -0.120. The second-order valence-corrected chi connectivity index (χ2v) is 7.26. The van der Waals surface area contributed by atoms with Crippen LogP contribution in [0.25, 0.3) is 22.2 Å². The Hall–Kier alpha value is -2.64. The summed E-state index contributed by atoms with van der Waals surface area (Å²) >= 11 is 0. The number of aromatic nitrogens is 3. The smallest absolute Gasteiger partial charge is 0.191 e. The first-order valence-corrected chi connectivity index (χ1v) is 9.55. The molecule has 4 rings (SSSR count). The van der Waals surface area contributed by atoms with E-state index >= 15 is 0 Å². The molecular formula is C21H24N4O3. The summed E-state index contributed by atoms with van der Waals surface area (Å²) in [4.78, 5) is 27.7. The predicted octanol–water partition coefficient (Wildman–Crippen LogP) is 2.82. The summed E-state index contributed by atoms with van der Waals surface area (Å²) in [6, 6.07) is 3.90. The molecule has 1 aliphatic rings. The van der Waals surface area contributed by atoms with Gasteiger partial charge >= 0.3 is 0 Å². The molecule has 28 heavy (non-hydrogen) atoms. The largest absolute Gasteiger partial charge is 0.439 e. The van der Waals surface area contributed by atoms with E-state index in [0.29, 0.717) is 30.7 Å². The van der Waals surface area contributed by atoms with E-state index in [4.69, 9.17) is 9.15 Å². The van der Waals surface area contributed by atoms with Crippen molar-refractivity contribution in [3.8, 4) is 11.5 Å². The Balaban J connectivity index is 1.44. The van der Waals surface area contributed by atoms with Crippen LogP contribution >= 0.6 is 0 Å². The van der Waals surface area contributed by atoms with Gasteiger partial charge in [0.05, 0.1) is 25.3 Å². The fraction of sp³-hybridized carbons (Fsp3) is 0.429. The van der Waals surface area contributed by atoms with Gasteiger partial charge in [0, 0.05) is 50.6 Å². The van der Waals surface area contributed by atoms with Crippen molar-refractivity contribution in [2.24, 2.45) is 0 Å². The van der Waals surface area contributed by atoms with E-state index in [-0.39, 0.29) is 5.78 Å². The first kappa shape index (κ1) is 18.7. The number of ether oxygens (including phenoxy) is 1. The first-order valence-electron chi connectivity index (χ1n) is 9.55. The summed E-state index contributed by atoms with van der Waals surface area (Å²) in [5, 5.41) is 1.91. The quantitative estimate of drug-likeness (QED) is 0.650. The zero-order chi connectivity index (χ0) is 19.5. The highest BCUT2D eigenvalue weighted by Crippen LogP contribution is 2.23. The van der Waals surface area contributed by atoms with Crippen LogP contribution in [0, 0.1) is 6.92 Å². The normalized spacial score (nSPS) is 15.9. The third-order valence-electron chi connectivity index (χ3n) is 5.18. The third kappa shape index (κ3) is 4.26. The highest BCUT2D eigenvalue weighted by Gasteiger charge is 2.20. The van der Waals surface area contributed by atoms with E-state index in [1.165, 1.54) is 0 Å².